The van der Waals surface area contributed by atoms with Crippen molar-refractivity contribution in [1.29, 1.82) is 0 Å². The van der Waals surface area contributed by atoms with Gasteiger partial charge in [0.05, 0.1) is 23.6 Å². The van der Waals surface area contributed by atoms with Crippen molar-refractivity contribution >= 4 is 27.6 Å². The highest BCUT2D eigenvalue weighted by Crippen LogP contribution is 2.33. The van der Waals surface area contributed by atoms with Gasteiger partial charge < -0.3 is 4.74 Å². The van der Waals surface area contributed by atoms with Crippen molar-refractivity contribution < 1.29 is 31.1 Å². The molecule has 23 heavy (non-hydrogen) atoms. The first-order chi connectivity index (χ1) is 10.5. The van der Waals surface area contributed by atoms with Gasteiger partial charge in [-0.1, -0.05) is 11.6 Å². The van der Waals surface area contributed by atoms with Crippen molar-refractivity contribution in [3.8, 4) is 0 Å². The lowest BCUT2D eigenvalue weighted by Crippen LogP contribution is -2.35. The minimum Gasteiger partial charge on any atom is -0.466 e. The molecular formula is C13H15ClF3NO4S. The van der Waals surface area contributed by atoms with Crippen LogP contribution < -0.4 is 4.72 Å². The van der Waals surface area contributed by atoms with Gasteiger partial charge in [-0.2, -0.15) is 13.2 Å². The van der Waals surface area contributed by atoms with E-state index in [0.29, 0.717) is 12.1 Å². The Bertz CT molecular complexity index is 676. The lowest BCUT2D eigenvalue weighted by Gasteiger charge is -2.15. The fraction of sp³-hybridized carbons (Fsp3) is 0.462. The molecule has 0 saturated carbocycles. The third-order valence-corrected chi connectivity index (χ3v) is 4.75. The van der Waals surface area contributed by atoms with Crippen molar-refractivity contribution in [1.82, 2.24) is 4.72 Å². The summed E-state index contributed by atoms with van der Waals surface area (Å²) < 4.78 is 69.2. The number of rotatable bonds is 6. The third kappa shape index (κ3) is 5.67. The van der Waals surface area contributed by atoms with Gasteiger partial charge in [0.2, 0.25) is 10.0 Å². The highest BCUT2D eigenvalue weighted by atomic mass is 35.5. The van der Waals surface area contributed by atoms with Crippen LogP contribution in [0.3, 0.4) is 0 Å². The Labute approximate surface area is 136 Å². The van der Waals surface area contributed by atoms with E-state index in [-0.39, 0.29) is 18.1 Å². The number of sulfonamides is 1. The molecule has 0 saturated heterocycles. The molecule has 0 spiro atoms. The summed E-state index contributed by atoms with van der Waals surface area (Å²) in [6.07, 6.45) is -4.96. The predicted molar refractivity (Wildman–Crippen MR) is 77.5 cm³/mol. The molecule has 0 aliphatic carbocycles. The summed E-state index contributed by atoms with van der Waals surface area (Å²) in [6.45, 7) is 3.11. The van der Waals surface area contributed by atoms with Gasteiger partial charge in [-0.05, 0) is 32.0 Å². The number of nitrogens with one attached hydrogen (secondary N) is 1. The van der Waals surface area contributed by atoms with Crippen molar-refractivity contribution in [2.45, 2.75) is 37.4 Å². The van der Waals surface area contributed by atoms with Gasteiger partial charge in [0.1, 0.15) is 4.90 Å². The third-order valence-electron chi connectivity index (χ3n) is 2.68. The van der Waals surface area contributed by atoms with E-state index in [9.17, 15) is 26.4 Å². The summed E-state index contributed by atoms with van der Waals surface area (Å²) in [6, 6.07) is 1.12. The molecule has 130 valence electrons. The maximum Gasteiger partial charge on any atom is 0.416 e. The van der Waals surface area contributed by atoms with Crippen molar-refractivity contribution in [2.24, 2.45) is 0 Å². The van der Waals surface area contributed by atoms with E-state index in [1.54, 1.807) is 6.92 Å². The lowest BCUT2D eigenvalue weighted by atomic mass is 10.2. The second-order valence-corrected chi connectivity index (χ2v) is 6.76. The maximum atomic E-state index is 12.7. The number of benzene rings is 1. The van der Waals surface area contributed by atoms with Gasteiger partial charge in [-0.25, -0.2) is 13.1 Å². The molecule has 1 atom stereocenters. The molecular weight excluding hydrogens is 359 g/mol. The lowest BCUT2D eigenvalue weighted by molar-refractivity contribution is -0.143. The van der Waals surface area contributed by atoms with E-state index in [1.807, 2.05) is 0 Å². The molecule has 0 aliphatic rings. The molecule has 1 N–H and O–H groups in total. The topological polar surface area (TPSA) is 72.5 Å². The minimum absolute atomic E-state index is 0.137. The largest absolute Gasteiger partial charge is 0.466 e. The molecule has 0 bridgehead atoms. The van der Waals surface area contributed by atoms with Crippen molar-refractivity contribution in [2.75, 3.05) is 6.61 Å². The van der Waals surface area contributed by atoms with Gasteiger partial charge >= 0.3 is 12.1 Å². The van der Waals surface area contributed by atoms with Crippen LogP contribution in [0.15, 0.2) is 23.1 Å². The molecule has 5 nitrogen and oxygen atoms in total. The molecule has 0 aliphatic heterocycles. The summed E-state index contributed by atoms with van der Waals surface area (Å²) in [5.41, 5.74) is -1.14. The van der Waals surface area contributed by atoms with E-state index in [1.165, 1.54) is 6.92 Å². The van der Waals surface area contributed by atoms with Crippen LogP contribution in [0.5, 0.6) is 0 Å². The smallest absolute Gasteiger partial charge is 0.416 e. The Balaban J connectivity index is 3.02. The van der Waals surface area contributed by atoms with Crippen LogP contribution in [-0.4, -0.2) is 27.0 Å². The first-order valence-corrected chi connectivity index (χ1v) is 8.38. The van der Waals surface area contributed by atoms with Gasteiger partial charge in [-0.15, -0.1) is 0 Å². The first kappa shape index (κ1) is 19.7. The Morgan fingerprint density at radius 1 is 1.39 bits per heavy atom. The second kappa shape index (κ2) is 7.50. The highest BCUT2D eigenvalue weighted by Gasteiger charge is 2.33. The number of carbonyl (C=O) groups is 1. The van der Waals surface area contributed by atoms with E-state index in [4.69, 9.17) is 11.6 Å². The SMILES string of the molecule is CCOC(=O)CC(C)NS(=O)(=O)c1cc(C(F)(F)F)ccc1Cl. The van der Waals surface area contributed by atoms with Crippen LogP contribution in [0, 0.1) is 0 Å². The fourth-order valence-corrected chi connectivity index (χ4v) is 3.49. The molecule has 1 aromatic carbocycles. The Hall–Kier alpha value is -1.32. The van der Waals surface area contributed by atoms with Gasteiger partial charge in [0.15, 0.2) is 0 Å². The average molecular weight is 374 g/mol. The summed E-state index contributed by atoms with van der Waals surface area (Å²) in [5, 5.41) is -0.353. The second-order valence-electron chi connectivity index (χ2n) is 4.67. The fourth-order valence-electron chi connectivity index (χ4n) is 1.73. The summed E-state index contributed by atoms with van der Waals surface area (Å²) in [7, 11) is -4.32. The van der Waals surface area contributed by atoms with Crippen LogP contribution in [0.25, 0.3) is 0 Å². The zero-order valence-electron chi connectivity index (χ0n) is 12.3. The standard InChI is InChI=1S/C13H15ClF3NO4S/c1-3-22-12(19)6-8(2)18-23(20,21)11-7-9(13(15,16)17)4-5-10(11)14/h4-5,7-8,18H,3,6H2,1-2H3. The first-order valence-electron chi connectivity index (χ1n) is 6.52. The number of hydrogen-bond donors (Lipinski definition) is 1. The molecule has 0 amide bonds. The van der Waals surface area contributed by atoms with Crippen LogP contribution >= 0.6 is 11.6 Å². The maximum absolute atomic E-state index is 12.7. The predicted octanol–water partition coefficient (Wildman–Crippen LogP) is 2.98. The van der Waals surface area contributed by atoms with Gasteiger partial charge in [0, 0.05) is 6.04 Å². The molecule has 0 heterocycles. The number of carbonyl (C=O) groups excluding carboxylic acids is 1. The zero-order valence-corrected chi connectivity index (χ0v) is 13.8. The number of ether oxygens (including phenoxy) is 1. The normalized spacial score (nSPS) is 13.7. The molecule has 0 fully saturated rings. The van der Waals surface area contributed by atoms with Crippen molar-refractivity contribution in [3.05, 3.63) is 28.8 Å². The van der Waals surface area contributed by atoms with Gasteiger partial charge in [-0.3, -0.25) is 4.79 Å². The highest BCUT2D eigenvalue weighted by molar-refractivity contribution is 7.89. The average Bonchev–Trinajstić information content (AvgIpc) is 2.36. The number of alkyl halides is 3. The van der Waals surface area contributed by atoms with E-state index in [0.717, 1.165) is 6.07 Å². The molecule has 10 heteroatoms. The monoisotopic (exact) mass is 373 g/mol. The molecule has 1 rings (SSSR count). The van der Waals surface area contributed by atoms with E-state index >= 15 is 0 Å². The Kier molecular flexibility index (Phi) is 6.43. The van der Waals surface area contributed by atoms with E-state index < -0.39 is 38.7 Å². The zero-order chi connectivity index (χ0) is 17.8. The number of halogens is 4. The quantitative estimate of drug-likeness (QED) is 0.778. The number of esters is 1. The van der Waals surface area contributed by atoms with Crippen molar-refractivity contribution in [3.63, 3.8) is 0 Å². The molecule has 0 radical (unpaired) electrons. The minimum atomic E-state index is -4.70. The van der Waals surface area contributed by atoms with Crippen LogP contribution in [0.1, 0.15) is 25.8 Å². The van der Waals surface area contributed by atoms with Crippen LogP contribution in [0.2, 0.25) is 5.02 Å². The number of hydrogen-bond acceptors (Lipinski definition) is 4. The summed E-state index contributed by atoms with van der Waals surface area (Å²) in [5.74, 6) is -0.627. The molecule has 1 unspecified atom stereocenters. The molecule has 0 aromatic heterocycles. The molecule has 1 aromatic rings. The Morgan fingerprint density at radius 2 is 2.00 bits per heavy atom. The van der Waals surface area contributed by atoms with E-state index in [2.05, 4.69) is 9.46 Å². The Morgan fingerprint density at radius 3 is 2.52 bits per heavy atom. The van der Waals surface area contributed by atoms with Crippen LogP contribution in [0.4, 0.5) is 13.2 Å². The van der Waals surface area contributed by atoms with Crippen LogP contribution in [-0.2, 0) is 25.7 Å². The summed E-state index contributed by atoms with van der Waals surface area (Å²) in [4.78, 5) is 10.6. The summed E-state index contributed by atoms with van der Waals surface area (Å²) >= 11 is 5.69. The van der Waals surface area contributed by atoms with Gasteiger partial charge in [0.25, 0.3) is 0 Å².